The van der Waals surface area contributed by atoms with Crippen LogP contribution in [0.4, 0.5) is 11.4 Å². The van der Waals surface area contributed by atoms with Crippen molar-refractivity contribution in [1.29, 1.82) is 0 Å². The van der Waals surface area contributed by atoms with E-state index in [9.17, 15) is 20.2 Å². The second kappa shape index (κ2) is 13.3. The van der Waals surface area contributed by atoms with Crippen molar-refractivity contribution in [2.75, 3.05) is 0 Å². The summed E-state index contributed by atoms with van der Waals surface area (Å²) in [4.78, 5) is 27.9. The third kappa shape index (κ3) is 8.51. The molecule has 11 heteroatoms. The summed E-state index contributed by atoms with van der Waals surface area (Å²) < 4.78 is 0.657. The molecule has 0 aliphatic rings. The molecule has 34 heavy (non-hydrogen) atoms. The second-order valence-corrected chi connectivity index (χ2v) is 8.13. The minimum absolute atomic E-state index is 0.00167. The van der Waals surface area contributed by atoms with Gasteiger partial charge in [0.2, 0.25) is 0 Å². The van der Waals surface area contributed by atoms with E-state index in [1.54, 1.807) is 36.7 Å². The lowest BCUT2D eigenvalue weighted by Crippen LogP contribution is -1.89. The van der Waals surface area contributed by atoms with Gasteiger partial charge in [-0.2, -0.15) is 0 Å². The Morgan fingerprint density at radius 2 is 1.32 bits per heavy atom. The van der Waals surface area contributed by atoms with Crippen LogP contribution in [0.1, 0.15) is 5.69 Å². The Hall–Kier alpha value is -3.40. The van der Waals surface area contributed by atoms with E-state index in [-0.39, 0.29) is 11.4 Å². The summed E-state index contributed by atoms with van der Waals surface area (Å²) in [5.41, 5.74) is 2.43. The molecule has 0 bridgehead atoms. The smallest absolute Gasteiger partial charge is 0.262 e. The number of rotatable bonds is 3. The van der Waals surface area contributed by atoms with Crippen LogP contribution in [0.5, 0.6) is 0 Å². The summed E-state index contributed by atoms with van der Waals surface area (Å²) in [6, 6.07) is 19.8. The monoisotopic (exact) mass is 562 g/mol. The first-order valence-electron chi connectivity index (χ1n) is 9.51. The minimum atomic E-state index is -0.488. The number of hydrogen-bond acceptors (Lipinski definition) is 6. The molecule has 0 saturated carbocycles. The summed E-state index contributed by atoms with van der Waals surface area (Å²) in [6.07, 6.45) is 3.43. The Kier molecular flexibility index (Phi) is 10.5. The van der Waals surface area contributed by atoms with Gasteiger partial charge in [-0.3, -0.25) is 30.2 Å². The maximum absolute atomic E-state index is 10.5. The van der Waals surface area contributed by atoms with Crippen molar-refractivity contribution >= 4 is 50.5 Å². The molecule has 2 heterocycles. The highest BCUT2D eigenvalue weighted by Gasteiger charge is 2.11. The van der Waals surface area contributed by atoms with Crippen LogP contribution in [0, 0.1) is 27.2 Å². The average Bonchev–Trinajstić information content (AvgIpc) is 2.82. The largest absolute Gasteiger partial charge is 0.270 e. The summed E-state index contributed by atoms with van der Waals surface area (Å²) in [7, 11) is 0. The fourth-order valence-electron chi connectivity index (χ4n) is 2.39. The zero-order chi connectivity index (χ0) is 25.1. The number of nitro groups is 2. The van der Waals surface area contributed by atoms with Gasteiger partial charge >= 0.3 is 0 Å². The summed E-state index contributed by atoms with van der Waals surface area (Å²) in [5, 5.41) is 21.4. The predicted molar refractivity (Wildman–Crippen MR) is 136 cm³/mol. The lowest BCUT2D eigenvalue weighted by Gasteiger charge is -2.02. The zero-order valence-corrected chi connectivity index (χ0v) is 20.7. The molecule has 4 rings (SSSR count). The fraction of sp³-hybridized carbons (Fsp3) is 0.0435. The molecule has 0 spiro atoms. The van der Waals surface area contributed by atoms with E-state index in [4.69, 9.17) is 23.2 Å². The normalized spacial score (nSPS) is 9.65. The number of aromatic nitrogens is 2. The van der Waals surface area contributed by atoms with Crippen molar-refractivity contribution < 1.29 is 9.85 Å². The van der Waals surface area contributed by atoms with Gasteiger partial charge in [0, 0.05) is 52.4 Å². The zero-order valence-electron chi connectivity index (χ0n) is 17.6. The number of pyridine rings is 2. The fourth-order valence-corrected chi connectivity index (χ4v) is 3.09. The van der Waals surface area contributed by atoms with Gasteiger partial charge in [0.1, 0.15) is 0 Å². The van der Waals surface area contributed by atoms with Crippen molar-refractivity contribution in [2.24, 2.45) is 0 Å². The van der Waals surface area contributed by atoms with E-state index in [1.807, 2.05) is 31.2 Å². The molecule has 174 valence electrons. The third-order valence-electron chi connectivity index (χ3n) is 4.03. The van der Waals surface area contributed by atoms with E-state index in [0.717, 1.165) is 5.69 Å². The topological polar surface area (TPSA) is 112 Å². The van der Waals surface area contributed by atoms with Gasteiger partial charge in [-0.15, -0.1) is 0 Å². The average molecular weight is 564 g/mol. The van der Waals surface area contributed by atoms with Gasteiger partial charge in [0.25, 0.3) is 11.4 Å². The lowest BCUT2D eigenvalue weighted by atomic mass is 10.1. The lowest BCUT2D eigenvalue weighted by molar-refractivity contribution is -0.385. The van der Waals surface area contributed by atoms with Crippen LogP contribution in [0.2, 0.25) is 10.0 Å². The van der Waals surface area contributed by atoms with Gasteiger partial charge < -0.3 is 0 Å². The number of aryl methyl sites for hydroxylation is 1. The van der Waals surface area contributed by atoms with Crippen molar-refractivity contribution in [2.45, 2.75) is 6.92 Å². The Morgan fingerprint density at radius 3 is 1.74 bits per heavy atom. The highest BCUT2D eigenvalue weighted by molar-refractivity contribution is 9.10. The van der Waals surface area contributed by atoms with Gasteiger partial charge in [0.15, 0.2) is 0 Å². The maximum Gasteiger partial charge on any atom is 0.270 e. The molecule has 0 radical (unpaired) electrons. The van der Waals surface area contributed by atoms with Crippen LogP contribution in [-0.4, -0.2) is 19.8 Å². The Balaban J connectivity index is 0.000000196. The third-order valence-corrected chi connectivity index (χ3v) is 5.58. The molecule has 0 amide bonds. The van der Waals surface area contributed by atoms with Crippen LogP contribution in [-0.2, 0) is 0 Å². The molecule has 2 aromatic heterocycles. The number of hydrogen-bond donors (Lipinski definition) is 0. The highest BCUT2D eigenvalue weighted by Crippen LogP contribution is 2.29. The van der Waals surface area contributed by atoms with Crippen molar-refractivity contribution in [3.63, 3.8) is 0 Å². The van der Waals surface area contributed by atoms with E-state index < -0.39 is 9.85 Å². The Bertz CT molecular complexity index is 1260. The quantitative estimate of drug-likeness (QED) is 0.186. The molecule has 2 aromatic carbocycles. The number of nitrogens with zero attached hydrogens (tertiary/aromatic N) is 4. The van der Waals surface area contributed by atoms with Gasteiger partial charge in [-0.25, -0.2) is 0 Å². The van der Waals surface area contributed by atoms with Crippen LogP contribution in [0.25, 0.3) is 11.3 Å². The number of nitro benzene ring substituents is 2. The standard InChI is InChI=1S/C11H7ClN2O2.C6H3BrClNO2.C6H7N/c12-10-7-8(14(15)16)4-5-9(10)11-3-1-2-6-13-11;7-5-2-1-4(9(10)11)3-6(5)8;1-6-4-2-3-5-7-6/h1-7H;1-3H;2-5H,1H3. The van der Waals surface area contributed by atoms with Crippen LogP contribution in [0.15, 0.2) is 89.7 Å². The van der Waals surface area contributed by atoms with E-state index in [2.05, 4.69) is 25.9 Å². The predicted octanol–water partition coefficient (Wildman–Crippen LogP) is 7.71. The van der Waals surface area contributed by atoms with Crippen molar-refractivity contribution in [1.82, 2.24) is 9.97 Å². The number of non-ortho nitro benzene ring substituents is 2. The van der Waals surface area contributed by atoms with Crippen molar-refractivity contribution in [3.05, 3.63) is 126 Å². The molecule has 0 aliphatic heterocycles. The Labute approximate surface area is 213 Å². The van der Waals surface area contributed by atoms with Crippen LogP contribution >= 0.6 is 39.1 Å². The molecule has 0 aliphatic carbocycles. The van der Waals surface area contributed by atoms with Crippen LogP contribution < -0.4 is 0 Å². The molecular weight excluding hydrogens is 547 g/mol. The SMILES string of the molecule is Cc1ccccn1.O=[N+]([O-])c1ccc(-c2ccccn2)c(Cl)c1.O=[N+]([O-])c1ccc(Br)c(Cl)c1. The summed E-state index contributed by atoms with van der Waals surface area (Å²) >= 11 is 14.7. The van der Waals surface area contributed by atoms with E-state index in [1.165, 1.54) is 24.3 Å². The van der Waals surface area contributed by atoms with Gasteiger partial charge in [-0.05, 0) is 59.3 Å². The Morgan fingerprint density at radius 1 is 0.765 bits per heavy atom. The second-order valence-electron chi connectivity index (χ2n) is 6.46. The minimum Gasteiger partial charge on any atom is -0.262 e. The molecule has 0 saturated heterocycles. The number of halogens is 3. The molecule has 0 N–H and O–H groups in total. The summed E-state index contributed by atoms with van der Waals surface area (Å²) in [6.45, 7) is 1.97. The molecule has 4 aromatic rings. The molecule has 0 unspecified atom stereocenters. The first kappa shape index (κ1) is 26.8. The first-order chi connectivity index (χ1) is 16.2. The highest BCUT2D eigenvalue weighted by atomic mass is 79.9. The molecule has 8 nitrogen and oxygen atoms in total. The van der Waals surface area contributed by atoms with Gasteiger partial charge in [-0.1, -0.05) is 35.3 Å². The van der Waals surface area contributed by atoms with Crippen LogP contribution in [0.3, 0.4) is 0 Å². The van der Waals surface area contributed by atoms with E-state index >= 15 is 0 Å². The van der Waals surface area contributed by atoms with E-state index in [0.29, 0.717) is 25.8 Å². The maximum atomic E-state index is 10.5. The molecular formula is C23H17BrCl2N4O4. The van der Waals surface area contributed by atoms with Gasteiger partial charge in [0.05, 0.1) is 25.6 Å². The molecule has 0 atom stereocenters. The van der Waals surface area contributed by atoms with Crippen molar-refractivity contribution in [3.8, 4) is 11.3 Å². The first-order valence-corrected chi connectivity index (χ1v) is 11.1. The summed E-state index contributed by atoms with van der Waals surface area (Å²) in [5.74, 6) is 0. The number of benzene rings is 2. The molecule has 0 fully saturated rings.